The van der Waals surface area contributed by atoms with Crippen molar-refractivity contribution >= 4 is 11.8 Å². The third kappa shape index (κ3) is 2.78. The van der Waals surface area contributed by atoms with Gasteiger partial charge in [-0.2, -0.15) is 0 Å². The monoisotopic (exact) mass is 224 g/mol. The van der Waals surface area contributed by atoms with Crippen LogP contribution in [0.2, 0.25) is 0 Å². The summed E-state index contributed by atoms with van der Waals surface area (Å²) in [6.07, 6.45) is 1.56. The maximum Gasteiger partial charge on any atom is 0.277 e. The molecule has 0 unspecified atom stereocenters. The lowest BCUT2D eigenvalue weighted by atomic mass is 10.1. The van der Waals surface area contributed by atoms with E-state index in [0.717, 1.165) is 5.56 Å². The van der Waals surface area contributed by atoms with E-state index in [4.69, 9.17) is 0 Å². The van der Waals surface area contributed by atoms with E-state index in [-0.39, 0.29) is 10.6 Å². The van der Waals surface area contributed by atoms with E-state index < -0.39 is 0 Å². The van der Waals surface area contributed by atoms with Crippen LogP contribution in [-0.4, -0.2) is 4.92 Å². The number of hydrogen-bond donors (Lipinski definition) is 0. The van der Waals surface area contributed by atoms with Crippen LogP contribution in [0.1, 0.15) is 11.1 Å². The van der Waals surface area contributed by atoms with Gasteiger partial charge in [0, 0.05) is 6.08 Å². The molecular formula is C14H10NO2. The van der Waals surface area contributed by atoms with Crippen molar-refractivity contribution in [2.75, 3.05) is 0 Å². The Kier molecular flexibility index (Phi) is 3.31. The van der Waals surface area contributed by atoms with E-state index in [2.05, 4.69) is 6.07 Å². The van der Waals surface area contributed by atoms with Crippen molar-refractivity contribution in [2.45, 2.75) is 0 Å². The molecule has 2 aromatic carbocycles. The highest BCUT2D eigenvalue weighted by atomic mass is 16.6. The van der Waals surface area contributed by atoms with Gasteiger partial charge in [-0.15, -0.1) is 0 Å². The van der Waals surface area contributed by atoms with Crippen molar-refractivity contribution in [1.82, 2.24) is 0 Å². The molecule has 0 amide bonds. The van der Waals surface area contributed by atoms with E-state index in [9.17, 15) is 10.1 Å². The van der Waals surface area contributed by atoms with Crippen molar-refractivity contribution in [2.24, 2.45) is 0 Å². The minimum atomic E-state index is -0.373. The van der Waals surface area contributed by atoms with Gasteiger partial charge in [-0.1, -0.05) is 42.5 Å². The molecule has 0 aliphatic rings. The molecule has 1 radical (unpaired) electrons. The van der Waals surface area contributed by atoms with Crippen LogP contribution in [-0.2, 0) is 0 Å². The van der Waals surface area contributed by atoms with Gasteiger partial charge in [0.25, 0.3) is 5.70 Å². The third-order valence-electron chi connectivity index (χ3n) is 2.31. The predicted molar refractivity (Wildman–Crippen MR) is 66.6 cm³/mol. The largest absolute Gasteiger partial charge is 0.277 e. The molecule has 0 fully saturated rings. The molecule has 2 rings (SSSR count). The van der Waals surface area contributed by atoms with Crippen molar-refractivity contribution in [3.05, 3.63) is 81.9 Å². The standard InChI is InChI=1S/C14H10NO2/c16-15(17)14(13-9-5-2-6-10-13)11-12-7-3-1-4-8-12/h1,3-11H. The first-order valence-corrected chi connectivity index (χ1v) is 5.15. The first-order valence-electron chi connectivity index (χ1n) is 5.15. The summed E-state index contributed by atoms with van der Waals surface area (Å²) < 4.78 is 0. The number of hydrogen-bond acceptors (Lipinski definition) is 2. The first-order chi connectivity index (χ1) is 8.27. The molecule has 0 aliphatic carbocycles. The summed E-state index contributed by atoms with van der Waals surface area (Å²) in [5.74, 6) is 0. The number of nitrogens with zero attached hydrogens (tertiary/aromatic N) is 1. The molecule has 0 aromatic heterocycles. The van der Waals surface area contributed by atoms with Gasteiger partial charge >= 0.3 is 0 Å². The minimum Gasteiger partial charge on any atom is -0.258 e. The zero-order valence-corrected chi connectivity index (χ0v) is 9.04. The summed E-state index contributed by atoms with van der Waals surface area (Å²) in [4.78, 5) is 10.7. The Morgan fingerprint density at radius 2 is 1.76 bits per heavy atom. The summed E-state index contributed by atoms with van der Waals surface area (Å²) >= 11 is 0. The zero-order valence-electron chi connectivity index (χ0n) is 9.04. The van der Waals surface area contributed by atoms with Gasteiger partial charge in [-0.25, -0.2) is 0 Å². The van der Waals surface area contributed by atoms with Gasteiger partial charge in [0.2, 0.25) is 0 Å². The van der Waals surface area contributed by atoms with Crippen molar-refractivity contribution in [3.63, 3.8) is 0 Å². The SMILES string of the molecule is O=[N+]([O-])C(=Cc1ccccc1)c1cc[c]cc1. The topological polar surface area (TPSA) is 43.1 Å². The van der Waals surface area contributed by atoms with Gasteiger partial charge in [-0.3, -0.25) is 10.1 Å². The molecule has 0 N–H and O–H groups in total. The molecule has 2 aromatic rings. The van der Waals surface area contributed by atoms with Crippen LogP contribution in [0.3, 0.4) is 0 Å². The van der Waals surface area contributed by atoms with Crippen molar-refractivity contribution < 1.29 is 4.92 Å². The van der Waals surface area contributed by atoms with Crippen LogP contribution >= 0.6 is 0 Å². The second kappa shape index (κ2) is 5.07. The van der Waals surface area contributed by atoms with E-state index in [0.29, 0.717) is 5.56 Å². The second-order valence-corrected chi connectivity index (χ2v) is 3.49. The highest BCUT2D eigenvalue weighted by molar-refractivity contribution is 5.76. The average molecular weight is 224 g/mol. The van der Waals surface area contributed by atoms with Crippen LogP contribution in [0.15, 0.2) is 54.6 Å². The molecule has 0 aliphatic heterocycles. The van der Waals surface area contributed by atoms with Gasteiger partial charge in [0.1, 0.15) is 0 Å². The number of nitro groups is 1. The smallest absolute Gasteiger partial charge is 0.258 e. The van der Waals surface area contributed by atoms with E-state index >= 15 is 0 Å². The van der Waals surface area contributed by atoms with E-state index in [1.807, 2.05) is 30.3 Å². The van der Waals surface area contributed by atoms with Crippen molar-refractivity contribution in [1.29, 1.82) is 0 Å². The first kappa shape index (κ1) is 11.1. The predicted octanol–water partition coefficient (Wildman–Crippen LogP) is 3.26. The fourth-order valence-corrected chi connectivity index (χ4v) is 1.51. The molecule has 0 spiro atoms. The molecule has 3 heteroatoms. The summed E-state index contributed by atoms with van der Waals surface area (Å²) in [5, 5.41) is 11.0. The Morgan fingerprint density at radius 1 is 1.12 bits per heavy atom. The Balaban J connectivity index is 2.44. The molecular weight excluding hydrogens is 214 g/mol. The lowest BCUT2D eigenvalue weighted by molar-refractivity contribution is -0.374. The molecule has 0 saturated heterocycles. The summed E-state index contributed by atoms with van der Waals surface area (Å²) in [7, 11) is 0. The van der Waals surface area contributed by atoms with E-state index in [1.54, 1.807) is 30.3 Å². The van der Waals surface area contributed by atoms with Crippen LogP contribution < -0.4 is 0 Å². The van der Waals surface area contributed by atoms with Gasteiger partial charge in [0.15, 0.2) is 0 Å². The molecule has 83 valence electrons. The summed E-state index contributed by atoms with van der Waals surface area (Å²) in [5.41, 5.74) is 1.48. The molecule has 0 bridgehead atoms. The normalized spacial score (nSPS) is 11.2. The lowest BCUT2D eigenvalue weighted by Gasteiger charge is -1.98. The summed E-state index contributed by atoms with van der Waals surface area (Å²) in [6.45, 7) is 0. The van der Waals surface area contributed by atoms with Crippen LogP contribution in [0, 0.1) is 16.2 Å². The Morgan fingerprint density at radius 3 is 2.35 bits per heavy atom. The lowest BCUT2D eigenvalue weighted by Crippen LogP contribution is -1.97. The van der Waals surface area contributed by atoms with Crippen molar-refractivity contribution in [3.8, 4) is 0 Å². The maximum atomic E-state index is 11.0. The molecule has 17 heavy (non-hydrogen) atoms. The van der Waals surface area contributed by atoms with Crippen LogP contribution in [0.4, 0.5) is 0 Å². The Bertz CT molecular complexity index is 533. The van der Waals surface area contributed by atoms with Gasteiger partial charge < -0.3 is 0 Å². The average Bonchev–Trinajstić information content (AvgIpc) is 2.38. The van der Waals surface area contributed by atoms with Crippen LogP contribution in [0.25, 0.3) is 11.8 Å². The Hall–Kier alpha value is -2.42. The second-order valence-electron chi connectivity index (χ2n) is 3.49. The Labute approximate surface area is 99.2 Å². The molecule has 0 atom stereocenters. The fourth-order valence-electron chi connectivity index (χ4n) is 1.51. The zero-order chi connectivity index (χ0) is 12.1. The number of benzene rings is 2. The maximum absolute atomic E-state index is 11.0. The van der Waals surface area contributed by atoms with Gasteiger partial charge in [-0.05, 0) is 23.8 Å². The molecule has 3 nitrogen and oxygen atoms in total. The minimum absolute atomic E-state index is 0.0881. The number of rotatable bonds is 3. The molecule has 0 heterocycles. The fraction of sp³-hybridized carbons (Fsp3) is 0. The van der Waals surface area contributed by atoms with Crippen LogP contribution in [0.5, 0.6) is 0 Å². The highest BCUT2D eigenvalue weighted by Crippen LogP contribution is 2.18. The summed E-state index contributed by atoms with van der Waals surface area (Å²) in [6, 6.07) is 18.8. The molecule has 0 saturated carbocycles. The quantitative estimate of drug-likeness (QED) is 0.456. The van der Waals surface area contributed by atoms with Gasteiger partial charge in [0.05, 0.1) is 10.5 Å². The third-order valence-corrected chi connectivity index (χ3v) is 2.31. The highest BCUT2D eigenvalue weighted by Gasteiger charge is 2.12. The van der Waals surface area contributed by atoms with E-state index in [1.165, 1.54) is 0 Å².